The number of rotatable bonds is 6. The van der Waals surface area contributed by atoms with E-state index in [0.29, 0.717) is 0 Å². The molecule has 0 saturated heterocycles. The molecule has 3 heteroatoms. The molecule has 53 heavy (non-hydrogen) atoms. The minimum atomic E-state index is 1.12. The number of fused-ring (bicyclic) bond motifs is 7. The standard InChI is InChI=1S/C50H35N3/c1-4-16-38(17-5-1)51(39-18-6-2-7-19-39)41-32-28-36(29-33-41)37-30-34-42(35-31-37)53-48-27-15-14-26-47(48)52(40-20-8-3-9-21-40)49-45-24-12-10-22-43(45)44-23-11-13-25-46(44)50(49)53/h1-35H. The summed E-state index contributed by atoms with van der Waals surface area (Å²) in [7, 11) is 0. The van der Waals surface area contributed by atoms with Gasteiger partial charge < -0.3 is 14.7 Å². The Morgan fingerprint density at radius 2 is 0.604 bits per heavy atom. The topological polar surface area (TPSA) is 9.72 Å². The van der Waals surface area contributed by atoms with Gasteiger partial charge in [0.05, 0.1) is 22.7 Å². The fraction of sp³-hybridized carbons (Fsp3) is 0. The van der Waals surface area contributed by atoms with Gasteiger partial charge in [-0.15, -0.1) is 0 Å². The van der Waals surface area contributed by atoms with E-state index in [1.165, 1.54) is 44.0 Å². The molecule has 0 radical (unpaired) electrons. The summed E-state index contributed by atoms with van der Waals surface area (Å²) in [5, 5.41) is 4.94. The number of hydrogen-bond acceptors (Lipinski definition) is 3. The van der Waals surface area contributed by atoms with Crippen molar-refractivity contribution < 1.29 is 0 Å². The first kappa shape index (κ1) is 30.7. The molecule has 1 aliphatic heterocycles. The van der Waals surface area contributed by atoms with Gasteiger partial charge in [0.1, 0.15) is 0 Å². The Morgan fingerprint density at radius 3 is 1.08 bits per heavy atom. The second kappa shape index (κ2) is 12.9. The van der Waals surface area contributed by atoms with E-state index in [0.717, 1.165) is 39.8 Å². The first-order valence-electron chi connectivity index (χ1n) is 18.1. The van der Waals surface area contributed by atoms with E-state index in [1.807, 2.05) is 0 Å². The monoisotopic (exact) mass is 677 g/mol. The van der Waals surface area contributed by atoms with Crippen molar-refractivity contribution in [3.8, 4) is 11.1 Å². The zero-order valence-corrected chi connectivity index (χ0v) is 29.0. The lowest BCUT2D eigenvalue weighted by molar-refractivity contribution is 1.19. The average molecular weight is 678 g/mol. The predicted octanol–water partition coefficient (Wildman–Crippen LogP) is 14.4. The van der Waals surface area contributed by atoms with Gasteiger partial charge in [-0.1, -0.05) is 140 Å². The molecule has 9 aromatic rings. The quantitative estimate of drug-likeness (QED) is 0.162. The van der Waals surface area contributed by atoms with Gasteiger partial charge in [-0.2, -0.15) is 0 Å². The van der Waals surface area contributed by atoms with Crippen molar-refractivity contribution in [1.29, 1.82) is 0 Å². The van der Waals surface area contributed by atoms with E-state index in [9.17, 15) is 0 Å². The number of hydrogen-bond donors (Lipinski definition) is 0. The third-order valence-corrected chi connectivity index (χ3v) is 10.3. The molecule has 0 spiro atoms. The van der Waals surface area contributed by atoms with Crippen LogP contribution in [0.1, 0.15) is 0 Å². The van der Waals surface area contributed by atoms with Gasteiger partial charge in [-0.05, 0) is 94.7 Å². The molecule has 1 heterocycles. The van der Waals surface area contributed by atoms with Crippen LogP contribution in [0.3, 0.4) is 0 Å². The highest BCUT2D eigenvalue weighted by Gasteiger charge is 2.33. The van der Waals surface area contributed by atoms with Gasteiger partial charge in [0.2, 0.25) is 0 Å². The summed E-state index contributed by atoms with van der Waals surface area (Å²) < 4.78 is 0. The molecule has 1 aliphatic rings. The van der Waals surface area contributed by atoms with Crippen LogP contribution in [0, 0.1) is 0 Å². The molecule has 0 saturated carbocycles. The fourth-order valence-corrected chi connectivity index (χ4v) is 7.96. The molecule has 10 rings (SSSR count). The summed E-state index contributed by atoms with van der Waals surface area (Å²) in [4.78, 5) is 7.20. The lowest BCUT2D eigenvalue weighted by Crippen LogP contribution is -2.24. The van der Waals surface area contributed by atoms with Gasteiger partial charge in [-0.3, -0.25) is 0 Å². The second-order valence-corrected chi connectivity index (χ2v) is 13.4. The van der Waals surface area contributed by atoms with E-state index in [1.54, 1.807) is 0 Å². The van der Waals surface area contributed by atoms with Gasteiger partial charge in [-0.25, -0.2) is 0 Å². The normalized spacial score (nSPS) is 12.1. The highest BCUT2D eigenvalue weighted by Crippen LogP contribution is 2.59. The second-order valence-electron chi connectivity index (χ2n) is 13.4. The predicted molar refractivity (Wildman–Crippen MR) is 224 cm³/mol. The fourth-order valence-electron chi connectivity index (χ4n) is 7.96. The molecule has 0 N–H and O–H groups in total. The van der Waals surface area contributed by atoms with Crippen molar-refractivity contribution in [1.82, 2.24) is 0 Å². The van der Waals surface area contributed by atoms with Crippen molar-refractivity contribution >= 4 is 72.7 Å². The first-order chi connectivity index (χ1) is 26.3. The first-order valence-corrected chi connectivity index (χ1v) is 18.1. The minimum Gasteiger partial charge on any atom is -0.311 e. The zero-order valence-electron chi connectivity index (χ0n) is 29.0. The van der Waals surface area contributed by atoms with E-state index < -0.39 is 0 Å². The van der Waals surface area contributed by atoms with Crippen LogP contribution in [0.2, 0.25) is 0 Å². The van der Waals surface area contributed by atoms with Crippen molar-refractivity contribution in [2.75, 3.05) is 14.7 Å². The summed E-state index contributed by atoms with van der Waals surface area (Å²) in [5.74, 6) is 0. The van der Waals surface area contributed by atoms with Crippen LogP contribution in [-0.4, -0.2) is 0 Å². The molecule has 0 atom stereocenters. The summed E-state index contributed by atoms with van der Waals surface area (Å²) >= 11 is 0. The van der Waals surface area contributed by atoms with Crippen molar-refractivity contribution in [3.05, 3.63) is 212 Å². The van der Waals surface area contributed by atoms with Crippen LogP contribution in [0.15, 0.2) is 212 Å². The number of para-hydroxylation sites is 5. The Labute approximate surface area is 309 Å². The SMILES string of the molecule is c1ccc(N(c2ccccc2)c2ccc(-c3ccc(N4c5ccccc5N(c5ccccc5)c5c4c4ccccc4c4ccccc54)cc3)cc2)cc1. The Morgan fingerprint density at radius 1 is 0.264 bits per heavy atom. The highest BCUT2D eigenvalue weighted by molar-refractivity contribution is 6.25. The van der Waals surface area contributed by atoms with E-state index in [2.05, 4.69) is 227 Å². The molecule has 0 unspecified atom stereocenters. The maximum Gasteiger partial charge on any atom is 0.0788 e. The number of anilines is 9. The molecule has 250 valence electrons. The van der Waals surface area contributed by atoms with E-state index in [4.69, 9.17) is 0 Å². The Kier molecular flexibility index (Phi) is 7.47. The molecule has 0 aromatic heterocycles. The molecule has 9 aromatic carbocycles. The smallest absolute Gasteiger partial charge is 0.0788 e. The summed E-state index contributed by atoms with van der Waals surface area (Å²) in [6, 6.07) is 76.2. The third kappa shape index (κ3) is 5.21. The highest BCUT2D eigenvalue weighted by atomic mass is 15.3. The van der Waals surface area contributed by atoms with Gasteiger partial charge in [0.15, 0.2) is 0 Å². The van der Waals surface area contributed by atoms with Crippen LogP contribution in [0.4, 0.5) is 51.2 Å². The molecule has 0 bridgehead atoms. The molecule has 0 amide bonds. The van der Waals surface area contributed by atoms with Crippen LogP contribution in [0.25, 0.3) is 32.7 Å². The van der Waals surface area contributed by atoms with E-state index in [-0.39, 0.29) is 0 Å². The molecular formula is C50H35N3. The molecule has 0 aliphatic carbocycles. The lowest BCUT2D eigenvalue weighted by Gasteiger charge is -2.42. The summed E-state index contributed by atoms with van der Waals surface area (Å²) in [6.07, 6.45) is 0. The molecule has 3 nitrogen and oxygen atoms in total. The van der Waals surface area contributed by atoms with Crippen molar-refractivity contribution in [3.63, 3.8) is 0 Å². The number of benzene rings is 9. The maximum absolute atomic E-state index is 2.46. The third-order valence-electron chi connectivity index (χ3n) is 10.3. The van der Waals surface area contributed by atoms with Crippen LogP contribution in [-0.2, 0) is 0 Å². The molecule has 0 fully saturated rings. The van der Waals surface area contributed by atoms with Gasteiger partial charge in [0.25, 0.3) is 0 Å². The Bertz CT molecular complexity index is 2670. The van der Waals surface area contributed by atoms with Gasteiger partial charge >= 0.3 is 0 Å². The minimum absolute atomic E-state index is 1.12. The Balaban J connectivity index is 1.10. The van der Waals surface area contributed by atoms with Crippen molar-refractivity contribution in [2.45, 2.75) is 0 Å². The van der Waals surface area contributed by atoms with Crippen LogP contribution >= 0.6 is 0 Å². The zero-order chi connectivity index (χ0) is 35.1. The Hall–Kier alpha value is -7.10. The van der Waals surface area contributed by atoms with Crippen LogP contribution < -0.4 is 14.7 Å². The number of nitrogens with zero attached hydrogens (tertiary/aromatic N) is 3. The van der Waals surface area contributed by atoms with E-state index >= 15 is 0 Å². The molecular weight excluding hydrogens is 643 g/mol. The average Bonchev–Trinajstić information content (AvgIpc) is 3.24. The largest absolute Gasteiger partial charge is 0.311 e. The van der Waals surface area contributed by atoms with Crippen LogP contribution in [0.5, 0.6) is 0 Å². The van der Waals surface area contributed by atoms with Gasteiger partial charge in [0, 0.05) is 39.2 Å². The summed E-state index contributed by atoms with van der Waals surface area (Å²) in [5.41, 5.74) is 12.6. The summed E-state index contributed by atoms with van der Waals surface area (Å²) in [6.45, 7) is 0. The lowest BCUT2D eigenvalue weighted by atomic mass is 9.93. The van der Waals surface area contributed by atoms with Crippen molar-refractivity contribution in [2.24, 2.45) is 0 Å². The maximum atomic E-state index is 2.46.